The lowest BCUT2D eigenvalue weighted by atomic mass is 9.95. The van der Waals surface area contributed by atoms with E-state index in [4.69, 9.17) is 14.5 Å². The van der Waals surface area contributed by atoms with Crippen molar-refractivity contribution < 1.29 is 9.47 Å². The van der Waals surface area contributed by atoms with Crippen LogP contribution in [0.4, 0.5) is 0 Å². The maximum Gasteiger partial charge on any atom is 0.193 e. The molecule has 2 aliphatic rings. The molecule has 1 atom stereocenters. The Bertz CT molecular complexity index is 598. The first-order chi connectivity index (χ1) is 12.2. The van der Waals surface area contributed by atoms with E-state index in [0.29, 0.717) is 5.92 Å². The van der Waals surface area contributed by atoms with Crippen molar-refractivity contribution in [2.75, 3.05) is 47.0 Å². The highest BCUT2D eigenvalue weighted by atomic mass is 127. The Kier molecular flexibility index (Phi) is 8.01. The van der Waals surface area contributed by atoms with E-state index in [9.17, 15) is 0 Å². The Labute approximate surface area is 174 Å². The van der Waals surface area contributed by atoms with Crippen LogP contribution in [0, 0.1) is 5.92 Å². The molecule has 1 aliphatic heterocycles. The number of benzene rings is 1. The summed E-state index contributed by atoms with van der Waals surface area (Å²) in [6.07, 6.45) is 3.50. The van der Waals surface area contributed by atoms with Crippen molar-refractivity contribution in [1.29, 1.82) is 0 Å². The van der Waals surface area contributed by atoms with Crippen molar-refractivity contribution in [2.24, 2.45) is 10.9 Å². The Hall–Kier alpha value is -1.02. The Morgan fingerprint density at radius 3 is 2.77 bits per heavy atom. The molecule has 146 valence electrons. The van der Waals surface area contributed by atoms with E-state index in [-0.39, 0.29) is 29.4 Å². The lowest BCUT2D eigenvalue weighted by Gasteiger charge is -2.25. The second kappa shape index (κ2) is 9.78. The number of ether oxygens (including phenoxy) is 2. The molecule has 0 amide bonds. The van der Waals surface area contributed by atoms with Crippen LogP contribution in [-0.4, -0.2) is 57.9 Å². The first-order valence-electron chi connectivity index (χ1n) is 9.39. The summed E-state index contributed by atoms with van der Waals surface area (Å²) in [7, 11) is 3.88. The molecule has 0 spiro atoms. The number of halogens is 1. The van der Waals surface area contributed by atoms with Crippen molar-refractivity contribution in [3.05, 3.63) is 29.8 Å². The number of rotatable bonds is 7. The molecule has 1 saturated carbocycles. The molecule has 1 heterocycles. The van der Waals surface area contributed by atoms with Gasteiger partial charge in [0.2, 0.25) is 0 Å². The topological polar surface area (TPSA) is 46.1 Å². The van der Waals surface area contributed by atoms with Crippen molar-refractivity contribution in [3.63, 3.8) is 0 Å². The minimum absolute atomic E-state index is 0. The van der Waals surface area contributed by atoms with Gasteiger partial charge in [0.05, 0.1) is 20.3 Å². The van der Waals surface area contributed by atoms with Crippen LogP contribution < -0.4 is 10.1 Å². The SMILES string of the molecule is CCNC(=NCC1(c2ccccc2OC)CC1)N(C)CC1CCOC1.I. The summed E-state index contributed by atoms with van der Waals surface area (Å²) in [5, 5.41) is 3.44. The van der Waals surface area contributed by atoms with Gasteiger partial charge in [-0.25, -0.2) is 0 Å². The molecule has 1 aromatic rings. The van der Waals surface area contributed by atoms with Gasteiger partial charge in [-0.3, -0.25) is 4.99 Å². The van der Waals surface area contributed by atoms with Gasteiger partial charge in [0.15, 0.2) is 5.96 Å². The Balaban J connectivity index is 0.00000243. The summed E-state index contributed by atoms with van der Waals surface area (Å²) in [6, 6.07) is 8.37. The first kappa shape index (κ1) is 21.3. The molecule has 3 rings (SSSR count). The molecule has 1 aliphatic carbocycles. The van der Waals surface area contributed by atoms with Crippen molar-refractivity contribution in [2.45, 2.75) is 31.6 Å². The third-order valence-electron chi connectivity index (χ3n) is 5.32. The monoisotopic (exact) mass is 473 g/mol. The second-order valence-corrected chi connectivity index (χ2v) is 7.26. The molecule has 2 fully saturated rings. The van der Waals surface area contributed by atoms with Gasteiger partial charge in [-0.2, -0.15) is 0 Å². The van der Waals surface area contributed by atoms with Gasteiger partial charge in [0, 0.05) is 43.6 Å². The fourth-order valence-corrected chi connectivity index (χ4v) is 3.64. The average Bonchev–Trinajstić information content (AvgIpc) is 3.25. The molecule has 1 aromatic carbocycles. The third kappa shape index (κ3) is 5.03. The van der Waals surface area contributed by atoms with Crippen LogP contribution in [0.5, 0.6) is 5.75 Å². The maximum absolute atomic E-state index is 5.57. The molecule has 5 nitrogen and oxygen atoms in total. The zero-order chi connectivity index (χ0) is 17.7. The molecule has 0 radical (unpaired) electrons. The van der Waals surface area contributed by atoms with Gasteiger partial charge in [-0.05, 0) is 32.3 Å². The molecular weight excluding hydrogens is 441 g/mol. The summed E-state index contributed by atoms with van der Waals surface area (Å²) in [6.45, 7) is 6.56. The number of para-hydroxylation sites is 1. The minimum atomic E-state index is 0. The maximum atomic E-state index is 5.57. The smallest absolute Gasteiger partial charge is 0.193 e. The second-order valence-electron chi connectivity index (χ2n) is 7.26. The molecule has 1 saturated heterocycles. The zero-order valence-electron chi connectivity index (χ0n) is 16.2. The molecular formula is C20H32IN3O2. The number of methoxy groups -OCH3 is 1. The van der Waals surface area contributed by atoms with E-state index in [1.807, 2.05) is 6.07 Å². The van der Waals surface area contributed by atoms with Gasteiger partial charge in [-0.15, -0.1) is 24.0 Å². The van der Waals surface area contributed by atoms with E-state index >= 15 is 0 Å². The van der Waals surface area contributed by atoms with Crippen molar-refractivity contribution >= 4 is 29.9 Å². The number of hydrogen-bond acceptors (Lipinski definition) is 3. The molecule has 1 N–H and O–H groups in total. The largest absolute Gasteiger partial charge is 0.496 e. The fraction of sp³-hybridized carbons (Fsp3) is 0.650. The van der Waals surface area contributed by atoms with Gasteiger partial charge in [0.25, 0.3) is 0 Å². The number of guanidine groups is 1. The van der Waals surface area contributed by atoms with Gasteiger partial charge < -0.3 is 19.7 Å². The van der Waals surface area contributed by atoms with Gasteiger partial charge >= 0.3 is 0 Å². The number of aliphatic imine (C=N–C) groups is 1. The molecule has 1 unspecified atom stereocenters. The lowest BCUT2D eigenvalue weighted by molar-refractivity contribution is 0.181. The number of nitrogens with zero attached hydrogens (tertiary/aromatic N) is 2. The molecule has 0 bridgehead atoms. The third-order valence-corrected chi connectivity index (χ3v) is 5.32. The van der Waals surface area contributed by atoms with E-state index in [2.05, 4.69) is 42.4 Å². The van der Waals surface area contributed by atoms with Crippen LogP contribution in [0.3, 0.4) is 0 Å². The normalized spacial score (nSPS) is 21.0. The van der Waals surface area contributed by atoms with Crippen LogP contribution in [0.15, 0.2) is 29.3 Å². The quantitative estimate of drug-likeness (QED) is 0.375. The minimum Gasteiger partial charge on any atom is -0.496 e. The van der Waals surface area contributed by atoms with E-state index < -0.39 is 0 Å². The van der Waals surface area contributed by atoms with E-state index in [1.165, 1.54) is 18.4 Å². The average molecular weight is 473 g/mol. The molecule has 26 heavy (non-hydrogen) atoms. The highest BCUT2D eigenvalue weighted by Crippen LogP contribution is 2.51. The predicted molar refractivity (Wildman–Crippen MR) is 117 cm³/mol. The number of hydrogen-bond donors (Lipinski definition) is 1. The predicted octanol–water partition coefficient (Wildman–Crippen LogP) is 3.28. The molecule has 0 aromatic heterocycles. The summed E-state index contributed by atoms with van der Waals surface area (Å²) in [5.74, 6) is 2.59. The summed E-state index contributed by atoms with van der Waals surface area (Å²) in [5.41, 5.74) is 1.44. The van der Waals surface area contributed by atoms with Gasteiger partial charge in [-0.1, -0.05) is 18.2 Å². The Morgan fingerprint density at radius 2 is 2.15 bits per heavy atom. The summed E-state index contributed by atoms with van der Waals surface area (Å²) < 4.78 is 11.1. The Morgan fingerprint density at radius 1 is 1.38 bits per heavy atom. The van der Waals surface area contributed by atoms with Crippen LogP contribution in [0.1, 0.15) is 31.7 Å². The van der Waals surface area contributed by atoms with Crippen molar-refractivity contribution in [3.8, 4) is 5.75 Å². The standard InChI is InChI=1S/C20H31N3O2.HI/c1-4-21-19(23(2)13-16-9-12-25-14-16)22-15-20(10-11-20)17-7-5-6-8-18(17)24-3;/h5-8,16H,4,9-15H2,1-3H3,(H,21,22);1H. The zero-order valence-corrected chi connectivity index (χ0v) is 18.5. The van der Waals surface area contributed by atoms with Crippen molar-refractivity contribution in [1.82, 2.24) is 10.2 Å². The van der Waals surface area contributed by atoms with E-state index in [0.717, 1.165) is 51.0 Å². The molecule has 6 heteroatoms. The van der Waals surface area contributed by atoms with Crippen LogP contribution in [-0.2, 0) is 10.2 Å². The van der Waals surface area contributed by atoms with E-state index in [1.54, 1.807) is 7.11 Å². The van der Waals surface area contributed by atoms with Crippen LogP contribution in [0.25, 0.3) is 0 Å². The highest BCUT2D eigenvalue weighted by Gasteiger charge is 2.46. The highest BCUT2D eigenvalue weighted by molar-refractivity contribution is 14.0. The van der Waals surface area contributed by atoms with Crippen LogP contribution in [0.2, 0.25) is 0 Å². The lowest BCUT2D eigenvalue weighted by Crippen LogP contribution is -2.42. The fourth-order valence-electron chi connectivity index (χ4n) is 3.64. The van der Waals surface area contributed by atoms with Gasteiger partial charge in [0.1, 0.15) is 5.75 Å². The summed E-state index contributed by atoms with van der Waals surface area (Å²) >= 11 is 0. The number of nitrogens with one attached hydrogen (secondary N) is 1. The summed E-state index contributed by atoms with van der Waals surface area (Å²) in [4.78, 5) is 7.23. The van der Waals surface area contributed by atoms with Crippen LogP contribution >= 0.6 is 24.0 Å². The first-order valence-corrected chi connectivity index (χ1v) is 9.39.